The summed E-state index contributed by atoms with van der Waals surface area (Å²) in [5, 5.41) is 7.66. The van der Waals surface area contributed by atoms with E-state index in [9.17, 15) is 0 Å². The third-order valence-corrected chi connectivity index (χ3v) is 7.66. The van der Waals surface area contributed by atoms with Gasteiger partial charge in [0.15, 0.2) is 5.13 Å². The molecule has 176 valence electrons. The lowest BCUT2D eigenvalue weighted by molar-refractivity contribution is 0.215. The highest BCUT2D eigenvalue weighted by Gasteiger charge is 2.36. The standard InChI is InChI=1S/C27H37N5S/c1-9-20(16-28-6)21-10-11-22(18(2)14-21)23(29-7)15-24-19(3)31-26(33-24)32(8)25-12-13-30-17-27(25,4)5/h9-11,14-16,25,28,30H,1,7,12-13,17H2,2-6,8H3/b20-16+,23-15-. The molecule has 2 aromatic rings. The highest BCUT2D eigenvalue weighted by molar-refractivity contribution is 7.16. The normalized spacial score (nSPS) is 18.7. The number of piperidine rings is 1. The number of hydrogen-bond donors (Lipinski definition) is 2. The third-order valence-electron chi connectivity index (χ3n) is 6.46. The van der Waals surface area contributed by atoms with Gasteiger partial charge in [-0.15, -0.1) is 0 Å². The molecule has 1 unspecified atom stereocenters. The molecule has 0 saturated carbocycles. The number of hydrogen-bond acceptors (Lipinski definition) is 6. The van der Waals surface area contributed by atoms with Crippen molar-refractivity contribution in [3.05, 3.63) is 64.3 Å². The monoisotopic (exact) mass is 463 g/mol. The number of aliphatic imine (C=N–C) groups is 1. The zero-order chi connectivity index (χ0) is 24.2. The lowest BCUT2D eigenvalue weighted by atomic mass is 9.79. The Bertz CT molecular complexity index is 1080. The Balaban J connectivity index is 1.92. The molecule has 6 heteroatoms. The number of nitrogens with zero attached hydrogens (tertiary/aromatic N) is 3. The fourth-order valence-corrected chi connectivity index (χ4v) is 5.58. The van der Waals surface area contributed by atoms with E-state index >= 15 is 0 Å². The summed E-state index contributed by atoms with van der Waals surface area (Å²) < 4.78 is 0. The van der Waals surface area contributed by atoms with Gasteiger partial charge in [0.2, 0.25) is 0 Å². The van der Waals surface area contributed by atoms with Crippen LogP contribution < -0.4 is 15.5 Å². The molecule has 1 atom stereocenters. The van der Waals surface area contributed by atoms with Gasteiger partial charge in [-0.25, -0.2) is 4.98 Å². The van der Waals surface area contributed by atoms with Gasteiger partial charge in [0.1, 0.15) is 0 Å². The van der Waals surface area contributed by atoms with Crippen molar-refractivity contribution in [1.82, 2.24) is 15.6 Å². The number of aromatic nitrogens is 1. The van der Waals surface area contributed by atoms with Gasteiger partial charge in [-0.3, -0.25) is 4.99 Å². The third kappa shape index (κ3) is 5.45. The van der Waals surface area contributed by atoms with Gasteiger partial charge >= 0.3 is 0 Å². The average molecular weight is 464 g/mol. The SMILES string of the molecule is C=C/C(=C\NC)c1ccc(/C(=C/c2sc(N(C)C3CCNCC3(C)C)nc2C)N=C)c(C)c1. The van der Waals surface area contributed by atoms with E-state index in [4.69, 9.17) is 4.98 Å². The predicted octanol–water partition coefficient (Wildman–Crippen LogP) is 5.53. The van der Waals surface area contributed by atoms with Crippen LogP contribution in [0, 0.1) is 19.3 Å². The van der Waals surface area contributed by atoms with E-state index in [1.807, 2.05) is 19.3 Å². The largest absolute Gasteiger partial charge is 0.393 e. The first kappa shape index (κ1) is 24.9. The number of aryl methyl sites for hydroxylation is 2. The van der Waals surface area contributed by atoms with Crippen LogP contribution in [-0.2, 0) is 0 Å². The maximum Gasteiger partial charge on any atom is 0.186 e. The molecule has 5 nitrogen and oxygen atoms in total. The molecule has 1 aromatic carbocycles. The molecular weight excluding hydrogens is 426 g/mol. The minimum Gasteiger partial charge on any atom is -0.393 e. The highest BCUT2D eigenvalue weighted by Crippen LogP contribution is 2.36. The van der Waals surface area contributed by atoms with Gasteiger partial charge in [-0.05, 0) is 61.7 Å². The van der Waals surface area contributed by atoms with Crippen LogP contribution in [0.1, 0.15) is 47.5 Å². The second-order valence-electron chi connectivity index (χ2n) is 9.34. The Morgan fingerprint density at radius 1 is 1.36 bits per heavy atom. The van der Waals surface area contributed by atoms with Crippen molar-refractivity contribution >= 4 is 40.5 Å². The fourth-order valence-electron chi connectivity index (χ4n) is 4.57. The van der Waals surface area contributed by atoms with E-state index in [0.717, 1.165) is 63.2 Å². The number of allylic oxidation sites excluding steroid dienone is 2. The second kappa shape index (κ2) is 10.5. The van der Waals surface area contributed by atoms with E-state index in [1.165, 1.54) is 0 Å². The first-order valence-electron chi connectivity index (χ1n) is 11.4. The summed E-state index contributed by atoms with van der Waals surface area (Å²) in [4.78, 5) is 12.8. The Morgan fingerprint density at radius 3 is 2.73 bits per heavy atom. The second-order valence-corrected chi connectivity index (χ2v) is 10.3. The number of nitrogens with one attached hydrogen (secondary N) is 2. The number of rotatable bonds is 8. The Morgan fingerprint density at radius 2 is 2.12 bits per heavy atom. The van der Waals surface area contributed by atoms with Crippen molar-refractivity contribution in [3.8, 4) is 0 Å². The van der Waals surface area contributed by atoms with Crippen LogP contribution in [0.3, 0.4) is 0 Å². The first-order chi connectivity index (χ1) is 15.7. The van der Waals surface area contributed by atoms with E-state index in [1.54, 1.807) is 11.3 Å². The molecule has 3 rings (SSSR count). The topological polar surface area (TPSA) is 52.5 Å². The maximum absolute atomic E-state index is 4.92. The zero-order valence-electron chi connectivity index (χ0n) is 20.8. The van der Waals surface area contributed by atoms with E-state index in [0.29, 0.717) is 6.04 Å². The van der Waals surface area contributed by atoms with Crippen LogP contribution in [-0.4, -0.2) is 44.9 Å². The molecule has 1 aromatic heterocycles. The van der Waals surface area contributed by atoms with Gasteiger partial charge in [-0.1, -0.05) is 56.0 Å². The van der Waals surface area contributed by atoms with E-state index < -0.39 is 0 Å². The van der Waals surface area contributed by atoms with Crippen molar-refractivity contribution in [1.29, 1.82) is 0 Å². The van der Waals surface area contributed by atoms with E-state index in [2.05, 4.69) is 92.8 Å². The zero-order valence-corrected chi connectivity index (χ0v) is 21.6. The molecule has 0 bridgehead atoms. The van der Waals surface area contributed by atoms with Crippen LogP contribution in [0.15, 0.2) is 42.0 Å². The van der Waals surface area contributed by atoms with Gasteiger partial charge in [0.25, 0.3) is 0 Å². The fraction of sp³-hybridized carbons (Fsp3) is 0.407. The van der Waals surface area contributed by atoms with Crippen molar-refractivity contribution < 1.29 is 0 Å². The van der Waals surface area contributed by atoms with Crippen molar-refractivity contribution in [2.75, 3.05) is 32.1 Å². The first-order valence-corrected chi connectivity index (χ1v) is 12.2. The molecule has 0 aliphatic carbocycles. The summed E-state index contributed by atoms with van der Waals surface area (Å²) in [6.07, 6.45) is 7.04. The smallest absolute Gasteiger partial charge is 0.186 e. The van der Waals surface area contributed by atoms with Crippen LogP contribution >= 0.6 is 11.3 Å². The number of benzene rings is 1. The maximum atomic E-state index is 4.92. The van der Waals surface area contributed by atoms with Gasteiger partial charge in [0.05, 0.1) is 16.3 Å². The van der Waals surface area contributed by atoms with Gasteiger partial charge in [0, 0.05) is 38.4 Å². The Kier molecular flexibility index (Phi) is 7.92. The van der Waals surface area contributed by atoms with Crippen LogP contribution in [0.4, 0.5) is 5.13 Å². The van der Waals surface area contributed by atoms with Crippen molar-refractivity contribution in [3.63, 3.8) is 0 Å². The quantitative estimate of drug-likeness (QED) is 0.399. The van der Waals surface area contributed by atoms with E-state index in [-0.39, 0.29) is 5.41 Å². The Labute approximate surface area is 203 Å². The molecule has 2 N–H and O–H groups in total. The number of thiazole rings is 1. The summed E-state index contributed by atoms with van der Waals surface area (Å²) in [5.74, 6) is 0. The van der Waals surface area contributed by atoms with Crippen molar-refractivity contribution in [2.24, 2.45) is 10.4 Å². The van der Waals surface area contributed by atoms with Crippen LogP contribution in [0.5, 0.6) is 0 Å². The lowest BCUT2D eigenvalue weighted by Gasteiger charge is -2.44. The number of anilines is 1. The van der Waals surface area contributed by atoms with Crippen LogP contribution in [0.2, 0.25) is 0 Å². The molecule has 0 spiro atoms. The van der Waals surface area contributed by atoms with Crippen LogP contribution in [0.25, 0.3) is 17.3 Å². The molecule has 1 aliphatic heterocycles. The summed E-state index contributed by atoms with van der Waals surface area (Å²) in [5.41, 5.74) is 6.47. The molecule has 1 saturated heterocycles. The summed E-state index contributed by atoms with van der Waals surface area (Å²) in [7, 11) is 4.07. The van der Waals surface area contributed by atoms with Gasteiger partial charge < -0.3 is 15.5 Å². The molecule has 1 fully saturated rings. The summed E-state index contributed by atoms with van der Waals surface area (Å²) in [6.45, 7) is 18.7. The lowest BCUT2D eigenvalue weighted by Crippen LogP contribution is -2.53. The highest BCUT2D eigenvalue weighted by atomic mass is 32.1. The summed E-state index contributed by atoms with van der Waals surface area (Å²) in [6, 6.07) is 6.83. The molecule has 33 heavy (non-hydrogen) atoms. The molecular formula is C27H37N5S. The molecule has 2 heterocycles. The minimum absolute atomic E-state index is 0.196. The van der Waals surface area contributed by atoms with Crippen molar-refractivity contribution in [2.45, 2.75) is 40.2 Å². The Hall–Kier alpha value is -2.70. The molecule has 0 radical (unpaired) electrons. The minimum atomic E-state index is 0.196. The van der Waals surface area contributed by atoms with Gasteiger partial charge in [-0.2, -0.15) is 0 Å². The predicted molar refractivity (Wildman–Crippen MR) is 146 cm³/mol. The molecule has 0 amide bonds. The molecule has 1 aliphatic rings. The average Bonchev–Trinajstić information content (AvgIpc) is 3.15. The summed E-state index contributed by atoms with van der Waals surface area (Å²) >= 11 is 1.72.